The highest BCUT2D eigenvalue weighted by Crippen LogP contribution is 2.25. The third-order valence-corrected chi connectivity index (χ3v) is 5.73. The Balaban J connectivity index is 1.77. The van der Waals surface area contributed by atoms with Gasteiger partial charge in [-0.15, -0.1) is 11.3 Å². The van der Waals surface area contributed by atoms with E-state index in [1.54, 1.807) is 17.6 Å². The number of ether oxygens (including phenoxy) is 1. The molecule has 3 rings (SSSR count). The molecule has 0 bridgehead atoms. The van der Waals surface area contributed by atoms with E-state index >= 15 is 0 Å². The predicted octanol–water partition coefficient (Wildman–Crippen LogP) is 1.28. The molecule has 2 aromatic heterocycles. The standard InChI is InChI=1S/C12H18N4O3S2/c1-13-10-11(16-6-8-20-12(16)15-10)21(17,18)14-5-4-9-3-2-7-19-9/h6,8-9,13-14H,2-5,7H2,1H3. The van der Waals surface area contributed by atoms with Gasteiger partial charge >= 0.3 is 0 Å². The van der Waals surface area contributed by atoms with Crippen LogP contribution in [-0.4, -0.2) is 44.1 Å². The summed E-state index contributed by atoms with van der Waals surface area (Å²) in [6, 6.07) is 0. The van der Waals surface area contributed by atoms with Crippen LogP contribution >= 0.6 is 11.3 Å². The van der Waals surface area contributed by atoms with Gasteiger partial charge in [-0.1, -0.05) is 0 Å². The molecule has 7 nitrogen and oxygen atoms in total. The number of nitrogens with one attached hydrogen (secondary N) is 2. The number of rotatable bonds is 6. The zero-order valence-corrected chi connectivity index (χ0v) is 13.3. The number of sulfonamides is 1. The minimum Gasteiger partial charge on any atom is -0.378 e. The number of hydrogen-bond acceptors (Lipinski definition) is 6. The number of aromatic nitrogens is 2. The van der Waals surface area contributed by atoms with E-state index in [0.717, 1.165) is 19.4 Å². The van der Waals surface area contributed by atoms with E-state index in [4.69, 9.17) is 4.74 Å². The molecule has 116 valence electrons. The van der Waals surface area contributed by atoms with Crippen molar-refractivity contribution >= 4 is 32.1 Å². The van der Waals surface area contributed by atoms with E-state index < -0.39 is 10.0 Å². The lowest BCUT2D eigenvalue weighted by Crippen LogP contribution is -2.28. The van der Waals surface area contributed by atoms with E-state index in [9.17, 15) is 8.42 Å². The van der Waals surface area contributed by atoms with Crippen LogP contribution in [0, 0.1) is 0 Å². The van der Waals surface area contributed by atoms with Crippen molar-refractivity contribution in [1.29, 1.82) is 0 Å². The minimum absolute atomic E-state index is 0.161. The Hall–Kier alpha value is -1.16. The molecule has 0 aliphatic carbocycles. The van der Waals surface area contributed by atoms with Crippen LogP contribution in [0.2, 0.25) is 0 Å². The normalized spacial score (nSPS) is 19.4. The summed E-state index contributed by atoms with van der Waals surface area (Å²) in [5, 5.41) is 4.81. The molecule has 2 aromatic rings. The van der Waals surface area contributed by atoms with Gasteiger partial charge in [0, 0.05) is 31.8 Å². The van der Waals surface area contributed by atoms with Gasteiger partial charge in [-0.05, 0) is 19.3 Å². The number of anilines is 1. The summed E-state index contributed by atoms with van der Waals surface area (Å²) in [6.45, 7) is 1.15. The topological polar surface area (TPSA) is 84.7 Å². The highest BCUT2D eigenvalue weighted by molar-refractivity contribution is 7.89. The molecule has 0 saturated carbocycles. The van der Waals surface area contributed by atoms with Crippen LogP contribution in [0.3, 0.4) is 0 Å². The van der Waals surface area contributed by atoms with Crippen molar-refractivity contribution in [2.45, 2.75) is 30.4 Å². The summed E-state index contributed by atoms with van der Waals surface area (Å²) in [4.78, 5) is 4.92. The SMILES string of the molecule is CNc1nc2sccn2c1S(=O)(=O)NCCC1CCCO1. The van der Waals surface area contributed by atoms with Crippen molar-refractivity contribution < 1.29 is 13.2 Å². The Kier molecular flexibility index (Phi) is 4.16. The van der Waals surface area contributed by atoms with Crippen molar-refractivity contribution in [3.8, 4) is 0 Å². The molecule has 1 atom stereocenters. The summed E-state index contributed by atoms with van der Waals surface area (Å²) in [5.74, 6) is 0.367. The van der Waals surface area contributed by atoms with E-state index in [0.29, 0.717) is 23.7 Å². The molecular formula is C12H18N4O3S2. The monoisotopic (exact) mass is 330 g/mol. The number of imidazole rings is 1. The maximum atomic E-state index is 12.5. The second-order valence-electron chi connectivity index (χ2n) is 4.89. The Bertz CT molecular complexity index is 716. The van der Waals surface area contributed by atoms with E-state index in [1.807, 2.05) is 5.38 Å². The average molecular weight is 330 g/mol. The summed E-state index contributed by atoms with van der Waals surface area (Å²) in [6.07, 6.45) is 4.63. The largest absolute Gasteiger partial charge is 0.378 e. The second kappa shape index (κ2) is 5.91. The lowest BCUT2D eigenvalue weighted by Gasteiger charge is -2.11. The Morgan fingerprint density at radius 1 is 1.57 bits per heavy atom. The van der Waals surface area contributed by atoms with Gasteiger partial charge in [0.05, 0.1) is 6.10 Å². The third kappa shape index (κ3) is 2.91. The van der Waals surface area contributed by atoms with Gasteiger partial charge in [-0.3, -0.25) is 4.40 Å². The zero-order chi connectivity index (χ0) is 14.9. The lowest BCUT2D eigenvalue weighted by molar-refractivity contribution is 0.105. The molecule has 1 aliphatic rings. The van der Waals surface area contributed by atoms with Crippen LogP contribution in [0.4, 0.5) is 5.82 Å². The van der Waals surface area contributed by atoms with Gasteiger partial charge in [0.2, 0.25) is 0 Å². The summed E-state index contributed by atoms with van der Waals surface area (Å²) >= 11 is 1.40. The quantitative estimate of drug-likeness (QED) is 0.833. The summed E-state index contributed by atoms with van der Waals surface area (Å²) in [5.41, 5.74) is 0. The van der Waals surface area contributed by atoms with Crippen LogP contribution in [-0.2, 0) is 14.8 Å². The molecule has 0 radical (unpaired) electrons. The molecule has 3 heterocycles. The fourth-order valence-electron chi connectivity index (χ4n) is 2.48. The fourth-order valence-corrected chi connectivity index (χ4v) is 4.58. The number of fused-ring (bicyclic) bond motifs is 1. The van der Waals surface area contributed by atoms with E-state index in [2.05, 4.69) is 15.0 Å². The zero-order valence-electron chi connectivity index (χ0n) is 11.7. The molecule has 0 amide bonds. The summed E-state index contributed by atoms with van der Waals surface area (Å²) < 4.78 is 34.7. The molecular weight excluding hydrogens is 312 g/mol. The number of thiazole rings is 1. The average Bonchev–Trinajstić information content (AvgIpc) is 3.13. The Morgan fingerprint density at radius 2 is 2.43 bits per heavy atom. The molecule has 21 heavy (non-hydrogen) atoms. The molecule has 0 aromatic carbocycles. The molecule has 1 aliphatic heterocycles. The van der Waals surface area contributed by atoms with Gasteiger partial charge in [-0.2, -0.15) is 0 Å². The van der Waals surface area contributed by atoms with Crippen LogP contribution in [0.15, 0.2) is 16.6 Å². The van der Waals surface area contributed by atoms with Crippen LogP contribution in [0.25, 0.3) is 4.96 Å². The highest BCUT2D eigenvalue weighted by atomic mass is 32.2. The van der Waals surface area contributed by atoms with Crippen molar-refractivity contribution in [1.82, 2.24) is 14.1 Å². The van der Waals surface area contributed by atoms with Gasteiger partial charge < -0.3 is 10.1 Å². The number of hydrogen-bond donors (Lipinski definition) is 2. The summed E-state index contributed by atoms with van der Waals surface area (Å²) in [7, 11) is -1.94. The van der Waals surface area contributed by atoms with Crippen molar-refractivity contribution in [2.24, 2.45) is 0 Å². The molecule has 2 N–H and O–H groups in total. The third-order valence-electron chi connectivity index (χ3n) is 3.49. The molecule has 9 heteroatoms. The van der Waals surface area contributed by atoms with E-state index in [-0.39, 0.29) is 11.1 Å². The van der Waals surface area contributed by atoms with E-state index in [1.165, 1.54) is 11.3 Å². The minimum atomic E-state index is -3.61. The van der Waals surface area contributed by atoms with Gasteiger partial charge in [-0.25, -0.2) is 18.1 Å². The fraction of sp³-hybridized carbons (Fsp3) is 0.583. The molecule has 1 unspecified atom stereocenters. The highest BCUT2D eigenvalue weighted by Gasteiger charge is 2.25. The maximum absolute atomic E-state index is 12.5. The number of nitrogens with zero attached hydrogens (tertiary/aromatic N) is 2. The lowest BCUT2D eigenvalue weighted by atomic mass is 10.2. The van der Waals surface area contributed by atoms with Crippen molar-refractivity contribution in [3.63, 3.8) is 0 Å². The van der Waals surface area contributed by atoms with Gasteiger partial charge in [0.1, 0.15) is 0 Å². The first kappa shape index (κ1) is 14.8. The van der Waals surface area contributed by atoms with Crippen LogP contribution in [0.1, 0.15) is 19.3 Å². The molecule has 1 saturated heterocycles. The Morgan fingerprint density at radius 3 is 3.14 bits per heavy atom. The van der Waals surface area contributed by atoms with Crippen LogP contribution in [0.5, 0.6) is 0 Å². The smallest absolute Gasteiger partial charge is 0.260 e. The first-order valence-corrected chi connectivity index (χ1v) is 9.22. The van der Waals surface area contributed by atoms with Gasteiger partial charge in [0.25, 0.3) is 10.0 Å². The van der Waals surface area contributed by atoms with Crippen LogP contribution < -0.4 is 10.0 Å². The first-order chi connectivity index (χ1) is 10.1. The maximum Gasteiger partial charge on any atom is 0.260 e. The van der Waals surface area contributed by atoms with Crippen molar-refractivity contribution in [2.75, 3.05) is 25.5 Å². The first-order valence-electron chi connectivity index (χ1n) is 6.86. The van der Waals surface area contributed by atoms with Gasteiger partial charge in [0.15, 0.2) is 15.8 Å². The molecule has 0 spiro atoms. The Labute approximate surface area is 127 Å². The van der Waals surface area contributed by atoms with Crippen molar-refractivity contribution in [3.05, 3.63) is 11.6 Å². The molecule has 1 fully saturated rings. The predicted molar refractivity (Wildman–Crippen MR) is 81.4 cm³/mol. The second-order valence-corrected chi connectivity index (χ2v) is 7.45.